The van der Waals surface area contributed by atoms with E-state index >= 15 is 0 Å². The molecule has 0 radical (unpaired) electrons. The number of nitrogens with one attached hydrogen (secondary N) is 1. The van der Waals surface area contributed by atoms with E-state index in [0.717, 1.165) is 37.1 Å². The summed E-state index contributed by atoms with van der Waals surface area (Å²) in [7, 11) is 0. The Labute approximate surface area is 140 Å². The third-order valence-electron chi connectivity index (χ3n) is 4.57. The van der Waals surface area contributed by atoms with Crippen LogP contribution in [0.3, 0.4) is 0 Å². The van der Waals surface area contributed by atoms with Gasteiger partial charge in [-0.15, -0.1) is 0 Å². The molecule has 6 nitrogen and oxygen atoms in total. The van der Waals surface area contributed by atoms with Crippen molar-refractivity contribution in [3.63, 3.8) is 0 Å². The van der Waals surface area contributed by atoms with Crippen molar-refractivity contribution in [1.82, 2.24) is 20.2 Å². The molecule has 1 atom stereocenters. The monoisotopic (exact) mass is 328 g/mol. The van der Waals surface area contributed by atoms with E-state index in [-0.39, 0.29) is 12.9 Å². The molecule has 1 aliphatic rings. The highest BCUT2D eigenvalue weighted by molar-refractivity contribution is 5.89. The predicted molar refractivity (Wildman–Crippen MR) is 93.2 cm³/mol. The van der Waals surface area contributed by atoms with Crippen LogP contribution in [-0.2, 0) is 0 Å². The van der Waals surface area contributed by atoms with E-state index in [1.54, 1.807) is 18.3 Å². The smallest absolute Gasteiger partial charge is 0.181 e. The first-order chi connectivity index (χ1) is 11.8. The summed E-state index contributed by atoms with van der Waals surface area (Å²) in [6.07, 6.45) is 3.87. The molecular formula is C17H21FN6. The van der Waals surface area contributed by atoms with E-state index in [1.807, 2.05) is 6.07 Å². The molecule has 4 heterocycles. The van der Waals surface area contributed by atoms with Crippen LogP contribution >= 0.6 is 0 Å². The Morgan fingerprint density at radius 3 is 3.17 bits per heavy atom. The Balaban J connectivity index is 0.00000182. The first kappa shape index (κ1) is 15.0. The fourth-order valence-corrected chi connectivity index (χ4v) is 3.28. The number of aromatic nitrogens is 4. The molecule has 0 spiro atoms. The third-order valence-corrected chi connectivity index (χ3v) is 4.57. The van der Waals surface area contributed by atoms with Crippen LogP contribution in [0.2, 0.25) is 0 Å². The number of H-pyrrole nitrogens is 1. The summed E-state index contributed by atoms with van der Waals surface area (Å²) in [6.45, 7) is 2.45. The normalized spacial score (nSPS) is 18.2. The lowest BCUT2D eigenvalue weighted by Gasteiger charge is -2.33. The van der Waals surface area contributed by atoms with Crippen LogP contribution in [-0.4, -0.2) is 39.8 Å². The molecule has 7 heteroatoms. The molecule has 0 aliphatic carbocycles. The number of pyridine rings is 2. The maximum atomic E-state index is 14.4. The first-order valence-corrected chi connectivity index (χ1v) is 8.17. The lowest BCUT2D eigenvalue weighted by Crippen LogP contribution is -2.38. The average molecular weight is 328 g/mol. The zero-order valence-corrected chi connectivity index (χ0v) is 13.2. The fraction of sp³-hybridized carbons (Fsp3) is 0.353. The van der Waals surface area contributed by atoms with E-state index in [2.05, 4.69) is 25.1 Å². The maximum Gasteiger partial charge on any atom is 0.181 e. The lowest BCUT2D eigenvalue weighted by molar-refractivity contribution is 0.421. The molecule has 3 aromatic heterocycles. The van der Waals surface area contributed by atoms with E-state index in [4.69, 9.17) is 5.73 Å². The van der Waals surface area contributed by atoms with Crippen molar-refractivity contribution in [3.8, 4) is 11.4 Å². The third kappa shape index (κ3) is 2.60. The second-order valence-electron chi connectivity index (χ2n) is 6.16. The molecule has 1 fully saturated rings. The minimum absolute atomic E-state index is 0. The summed E-state index contributed by atoms with van der Waals surface area (Å²) in [5.41, 5.74) is 7.20. The van der Waals surface area contributed by atoms with Crippen LogP contribution in [0.4, 0.5) is 10.2 Å². The van der Waals surface area contributed by atoms with Gasteiger partial charge in [-0.05, 0) is 49.6 Å². The molecule has 1 unspecified atom stereocenters. The number of rotatable bonds is 3. The molecule has 0 saturated carbocycles. The van der Waals surface area contributed by atoms with Gasteiger partial charge in [0.25, 0.3) is 0 Å². The van der Waals surface area contributed by atoms with Crippen molar-refractivity contribution in [2.75, 3.05) is 24.5 Å². The van der Waals surface area contributed by atoms with Gasteiger partial charge in [-0.3, -0.25) is 5.10 Å². The van der Waals surface area contributed by atoms with Crippen molar-refractivity contribution < 1.29 is 5.82 Å². The molecular weight excluding hydrogens is 307 g/mol. The molecule has 4 rings (SSSR count). The number of halogens is 1. The molecule has 1 saturated heterocycles. The quantitative estimate of drug-likeness (QED) is 0.772. The van der Waals surface area contributed by atoms with Crippen molar-refractivity contribution in [2.45, 2.75) is 12.8 Å². The predicted octanol–water partition coefficient (Wildman–Crippen LogP) is 2.58. The Hall–Kier alpha value is -2.54. The van der Waals surface area contributed by atoms with Gasteiger partial charge < -0.3 is 10.6 Å². The van der Waals surface area contributed by atoms with Crippen LogP contribution < -0.4 is 10.6 Å². The summed E-state index contributed by atoms with van der Waals surface area (Å²) in [4.78, 5) is 10.9. The number of fused-ring (bicyclic) bond motifs is 1. The minimum atomic E-state index is -0.375. The zero-order valence-electron chi connectivity index (χ0n) is 13.2. The summed E-state index contributed by atoms with van der Waals surface area (Å²) in [5, 5.41) is 7.76. The summed E-state index contributed by atoms with van der Waals surface area (Å²) < 4.78 is 14.4. The molecule has 24 heavy (non-hydrogen) atoms. The highest BCUT2D eigenvalue weighted by Gasteiger charge is 2.22. The number of nitrogens with two attached hydrogens (primary N) is 1. The van der Waals surface area contributed by atoms with Gasteiger partial charge in [-0.25, -0.2) is 14.4 Å². The van der Waals surface area contributed by atoms with Gasteiger partial charge in [-0.2, -0.15) is 5.10 Å². The summed E-state index contributed by atoms with van der Waals surface area (Å²) in [6, 6.07) is 6.86. The van der Waals surface area contributed by atoms with E-state index < -0.39 is 0 Å². The van der Waals surface area contributed by atoms with Crippen LogP contribution in [0.25, 0.3) is 22.4 Å². The van der Waals surface area contributed by atoms with Crippen LogP contribution in [0, 0.1) is 11.7 Å². The van der Waals surface area contributed by atoms with Gasteiger partial charge >= 0.3 is 0 Å². The van der Waals surface area contributed by atoms with Gasteiger partial charge in [0.1, 0.15) is 11.5 Å². The number of piperidine rings is 1. The maximum absolute atomic E-state index is 14.4. The highest BCUT2D eigenvalue weighted by Crippen LogP contribution is 2.29. The van der Waals surface area contributed by atoms with Crippen molar-refractivity contribution in [3.05, 3.63) is 36.3 Å². The zero-order chi connectivity index (χ0) is 16.5. The average Bonchev–Trinajstić information content (AvgIpc) is 3.06. The first-order valence-electron chi connectivity index (χ1n) is 8.17. The summed E-state index contributed by atoms with van der Waals surface area (Å²) >= 11 is 0. The van der Waals surface area contributed by atoms with Crippen molar-refractivity contribution in [2.24, 2.45) is 11.7 Å². The van der Waals surface area contributed by atoms with E-state index in [9.17, 15) is 4.39 Å². The molecule has 1 aliphatic heterocycles. The molecule has 0 aromatic carbocycles. The van der Waals surface area contributed by atoms with E-state index in [0.29, 0.717) is 23.8 Å². The lowest BCUT2D eigenvalue weighted by atomic mass is 9.98. The molecule has 3 N–H and O–H groups in total. The number of anilines is 1. The second-order valence-corrected chi connectivity index (χ2v) is 6.16. The van der Waals surface area contributed by atoms with E-state index in [1.165, 1.54) is 6.07 Å². The number of aromatic amines is 1. The van der Waals surface area contributed by atoms with Gasteiger partial charge in [0.05, 0.1) is 5.69 Å². The molecule has 126 valence electrons. The topological polar surface area (TPSA) is 83.7 Å². The molecule has 0 amide bonds. The number of hydrogen-bond donors (Lipinski definition) is 2. The Morgan fingerprint density at radius 1 is 1.38 bits per heavy atom. The van der Waals surface area contributed by atoms with Crippen LogP contribution in [0.1, 0.15) is 14.3 Å². The number of hydrogen-bond acceptors (Lipinski definition) is 5. The molecule has 3 aromatic rings. The largest absolute Gasteiger partial charge is 0.356 e. The van der Waals surface area contributed by atoms with Crippen molar-refractivity contribution >= 4 is 16.9 Å². The fourth-order valence-electron chi connectivity index (χ4n) is 3.28. The van der Waals surface area contributed by atoms with Gasteiger partial charge in [0.15, 0.2) is 11.5 Å². The van der Waals surface area contributed by atoms with Gasteiger partial charge in [0, 0.05) is 26.1 Å². The van der Waals surface area contributed by atoms with Crippen LogP contribution in [0.15, 0.2) is 30.5 Å². The van der Waals surface area contributed by atoms with Gasteiger partial charge in [-0.1, -0.05) is 0 Å². The molecule has 0 bridgehead atoms. The minimum Gasteiger partial charge on any atom is -0.356 e. The van der Waals surface area contributed by atoms with Crippen molar-refractivity contribution in [1.29, 1.82) is 0 Å². The standard InChI is InChI=1S/C17H19FN6.H2/c18-13-5-6-14(24-8-2-3-11(9-19)10-24)21-16(13)15-12-4-1-7-20-17(12)23-22-15;/h1,4-7,11H,2-3,8-10,19H2,(H,20,22,23);1H. The Bertz CT molecular complexity index is 867. The van der Waals surface area contributed by atoms with Gasteiger partial charge in [0.2, 0.25) is 0 Å². The SMILES string of the molecule is NCC1CCCN(c2ccc(F)c(-c3[nH]nc4ncccc34)n2)C1.[HH]. The highest BCUT2D eigenvalue weighted by atomic mass is 19.1. The Morgan fingerprint density at radius 2 is 2.29 bits per heavy atom. The number of nitrogens with zero attached hydrogens (tertiary/aromatic N) is 4. The van der Waals surface area contributed by atoms with Crippen LogP contribution in [0.5, 0.6) is 0 Å². The second kappa shape index (κ2) is 6.16. The Kier molecular flexibility index (Phi) is 3.86. The summed E-state index contributed by atoms with van der Waals surface area (Å²) in [5.74, 6) is 0.864.